The third-order valence-electron chi connectivity index (χ3n) is 4.66. The molecular weight excluding hydrogens is 296 g/mol. The summed E-state index contributed by atoms with van der Waals surface area (Å²) in [6, 6.07) is 3.31. The highest BCUT2D eigenvalue weighted by Gasteiger charge is 2.27. The highest BCUT2D eigenvalue weighted by molar-refractivity contribution is 7.10. The summed E-state index contributed by atoms with van der Waals surface area (Å²) in [5.41, 5.74) is 1.53. The maximum atomic E-state index is 5.13. The van der Waals surface area contributed by atoms with E-state index >= 15 is 0 Å². The van der Waals surface area contributed by atoms with Gasteiger partial charge in [0.2, 0.25) is 0 Å². The molecule has 2 aromatic heterocycles. The summed E-state index contributed by atoms with van der Waals surface area (Å²) in [6.07, 6.45) is 5.94. The van der Waals surface area contributed by atoms with Gasteiger partial charge in [-0.25, -0.2) is 9.67 Å². The van der Waals surface area contributed by atoms with Gasteiger partial charge in [-0.05, 0) is 42.7 Å². The Labute approximate surface area is 134 Å². The Bertz CT molecular complexity index is 650. The lowest BCUT2D eigenvalue weighted by Crippen LogP contribution is -2.40. The molecule has 0 aromatic carbocycles. The van der Waals surface area contributed by atoms with Crippen molar-refractivity contribution in [3.63, 3.8) is 0 Å². The van der Waals surface area contributed by atoms with E-state index in [1.807, 2.05) is 11.3 Å². The first-order valence-corrected chi connectivity index (χ1v) is 8.95. The fourth-order valence-corrected chi connectivity index (χ4v) is 4.62. The van der Waals surface area contributed by atoms with Gasteiger partial charge in [-0.3, -0.25) is 0 Å². The van der Waals surface area contributed by atoms with Crippen LogP contribution >= 0.6 is 11.3 Å². The van der Waals surface area contributed by atoms with Crippen molar-refractivity contribution in [1.29, 1.82) is 0 Å². The minimum Gasteiger partial charge on any atom is -0.377 e. The van der Waals surface area contributed by atoms with Crippen LogP contribution in [0.15, 0.2) is 11.4 Å². The molecule has 0 amide bonds. The van der Waals surface area contributed by atoms with E-state index in [1.165, 1.54) is 24.8 Å². The predicted molar refractivity (Wildman–Crippen MR) is 86.0 cm³/mol. The molecule has 4 rings (SSSR count). The second kappa shape index (κ2) is 6.10. The van der Waals surface area contributed by atoms with E-state index in [9.17, 15) is 0 Å². The Morgan fingerprint density at radius 3 is 3.27 bits per heavy atom. The molecule has 6 heteroatoms. The molecular formula is C16H22N4OS. The van der Waals surface area contributed by atoms with Crippen molar-refractivity contribution in [3.8, 4) is 0 Å². The maximum Gasteiger partial charge on any atom is 0.176 e. The summed E-state index contributed by atoms with van der Waals surface area (Å²) in [7, 11) is 1.69. The average Bonchev–Trinajstić information content (AvgIpc) is 3.13. The van der Waals surface area contributed by atoms with E-state index in [0.29, 0.717) is 18.7 Å². The van der Waals surface area contributed by atoms with Crippen molar-refractivity contribution in [2.45, 2.75) is 57.3 Å². The zero-order valence-electron chi connectivity index (χ0n) is 12.9. The Morgan fingerprint density at radius 1 is 1.41 bits per heavy atom. The smallest absolute Gasteiger partial charge is 0.176 e. The van der Waals surface area contributed by atoms with Crippen molar-refractivity contribution in [1.82, 2.24) is 20.1 Å². The number of nitrogens with one attached hydrogen (secondary N) is 1. The van der Waals surface area contributed by atoms with Crippen molar-refractivity contribution in [3.05, 3.63) is 33.5 Å². The van der Waals surface area contributed by atoms with Crippen LogP contribution in [0.2, 0.25) is 0 Å². The lowest BCUT2D eigenvalue weighted by molar-refractivity contribution is 0.177. The monoisotopic (exact) mass is 318 g/mol. The first kappa shape index (κ1) is 14.4. The van der Waals surface area contributed by atoms with E-state index in [1.54, 1.807) is 12.0 Å². The van der Waals surface area contributed by atoms with Crippen molar-refractivity contribution < 1.29 is 4.74 Å². The zero-order valence-corrected chi connectivity index (χ0v) is 13.7. The van der Waals surface area contributed by atoms with Gasteiger partial charge in [0, 0.05) is 30.5 Å². The van der Waals surface area contributed by atoms with Gasteiger partial charge >= 0.3 is 0 Å². The summed E-state index contributed by atoms with van der Waals surface area (Å²) in [5, 5.41) is 10.7. The third kappa shape index (κ3) is 2.71. The van der Waals surface area contributed by atoms with E-state index in [4.69, 9.17) is 4.74 Å². The van der Waals surface area contributed by atoms with Gasteiger partial charge in [0.15, 0.2) is 5.82 Å². The van der Waals surface area contributed by atoms with Gasteiger partial charge < -0.3 is 10.1 Å². The van der Waals surface area contributed by atoms with Gasteiger partial charge in [0.05, 0.1) is 6.54 Å². The van der Waals surface area contributed by atoms with E-state index in [-0.39, 0.29) is 0 Å². The number of ether oxygens (including phenoxy) is 1. The average molecular weight is 318 g/mol. The van der Waals surface area contributed by atoms with Crippen LogP contribution in [0.5, 0.6) is 0 Å². The topological polar surface area (TPSA) is 52.0 Å². The summed E-state index contributed by atoms with van der Waals surface area (Å²) >= 11 is 1.91. The molecule has 3 heterocycles. The van der Waals surface area contributed by atoms with Crippen LogP contribution in [0, 0.1) is 0 Å². The number of nitrogens with zero attached hydrogens (tertiary/aromatic N) is 3. The fraction of sp³-hybridized carbons (Fsp3) is 0.625. The number of thiophene rings is 1. The van der Waals surface area contributed by atoms with Crippen molar-refractivity contribution in [2.75, 3.05) is 7.11 Å². The normalized spacial score (nSPS) is 24.0. The summed E-state index contributed by atoms with van der Waals surface area (Å²) in [5.74, 6) is 1.90. The lowest BCUT2D eigenvalue weighted by atomic mass is 9.92. The Kier molecular flexibility index (Phi) is 3.98. The summed E-state index contributed by atoms with van der Waals surface area (Å²) < 4.78 is 7.19. The van der Waals surface area contributed by atoms with Crippen LogP contribution in [0.3, 0.4) is 0 Å². The highest BCUT2D eigenvalue weighted by Crippen LogP contribution is 2.34. The van der Waals surface area contributed by atoms with Crippen LogP contribution in [-0.2, 0) is 30.7 Å². The van der Waals surface area contributed by atoms with E-state index in [0.717, 1.165) is 31.0 Å². The number of hydrogen-bond donors (Lipinski definition) is 1. The van der Waals surface area contributed by atoms with Gasteiger partial charge in [-0.1, -0.05) is 0 Å². The molecule has 2 aromatic rings. The molecule has 1 N–H and O–H groups in total. The number of aromatic nitrogens is 3. The maximum absolute atomic E-state index is 5.13. The molecule has 0 saturated carbocycles. The largest absolute Gasteiger partial charge is 0.377 e. The summed E-state index contributed by atoms with van der Waals surface area (Å²) in [4.78, 5) is 6.12. The molecule has 0 saturated heterocycles. The predicted octanol–water partition coefficient (Wildman–Crippen LogP) is 2.47. The SMILES string of the molecule is COCc1nc2n(n1)C[C@@H](N[C@@H]1CCCc3sccc31)CC2. The molecule has 1 aliphatic carbocycles. The van der Waals surface area contributed by atoms with Crippen molar-refractivity contribution >= 4 is 11.3 Å². The number of aryl methyl sites for hydroxylation is 2. The van der Waals surface area contributed by atoms with Crippen LogP contribution in [0.4, 0.5) is 0 Å². The number of rotatable bonds is 4. The Morgan fingerprint density at radius 2 is 2.36 bits per heavy atom. The van der Waals surface area contributed by atoms with Crippen LogP contribution in [-0.4, -0.2) is 27.9 Å². The Hall–Kier alpha value is -1.24. The molecule has 0 unspecified atom stereocenters. The third-order valence-corrected chi connectivity index (χ3v) is 5.66. The zero-order chi connectivity index (χ0) is 14.9. The van der Waals surface area contributed by atoms with Crippen molar-refractivity contribution in [2.24, 2.45) is 0 Å². The van der Waals surface area contributed by atoms with Crippen LogP contribution in [0.1, 0.15) is 47.4 Å². The van der Waals surface area contributed by atoms with Crippen LogP contribution in [0.25, 0.3) is 0 Å². The molecule has 0 spiro atoms. The second-order valence-electron chi connectivity index (χ2n) is 6.21. The molecule has 118 valence electrons. The first-order valence-electron chi connectivity index (χ1n) is 8.07. The number of fused-ring (bicyclic) bond motifs is 2. The van der Waals surface area contributed by atoms with E-state index in [2.05, 4.69) is 31.5 Å². The number of hydrogen-bond acceptors (Lipinski definition) is 5. The van der Waals surface area contributed by atoms with E-state index < -0.39 is 0 Å². The van der Waals surface area contributed by atoms with Gasteiger partial charge in [-0.15, -0.1) is 11.3 Å². The van der Waals surface area contributed by atoms with Crippen LogP contribution < -0.4 is 5.32 Å². The van der Waals surface area contributed by atoms with Gasteiger partial charge in [0.1, 0.15) is 12.4 Å². The molecule has 2 atom stereocenters. The summed E-state index contributed by atoms with van der Waals surface area (Å²) in [6.45, 7) is 1.42. The Balaban J connectivity index is 1.45. The minimum absolute atomic E-state index is 0.487. The second-order valence-corrected chi connectivity index (χ2v) is 7.21. The van der Waals surface area contributed by atoms with Gasteiger partial charge in [0.25, 0.3) is 0 Å². The standard InChI is InChI=1S/C16H22N4OS/c1-21-10-15-18-16-6-5-11(9-20(16)19-15)17-13-3-2-4-14-12(13)7-8-22-14/h7-8,11,13,17H,2-6,9-10H2,1H3/t11-,13+/m0/s1. The molecule has 0 bridgehead atoms. The number of methoxy groups -OCH3 is 1. The first-order chi connectivity index (χ1) is 10.8. The lowest BCUT2D eigenvalue weighted by Gasteiger charge is -2.31. The highest BCUT2D eigenvalue weighted by atomic mass is 32.1. The molecule has 0 fully saturated rings. The molecule has 22 heavy (non-hydrogen) atoms. The fourth-order valence-electron chi connectivity index (χ4n) is 3.63. The molecule has 2 aliphatic rings. The molecule has 0 radical (unpaired) electrons. The minimum atomic E-state index is 0.487. The van der Waals surface area contributed by atoms with Gasteiger partial charge in [-0.2, -0.15) is 5.10 Å². The molecule has 5 nitrogen and oxygen atoms in total. The molecule has 1 aliphatic heterocycles. The quantitative estimate of drug-likeness (QED) is 0.941.